The molecule has 1 aliphatic carbocycles. The van der Waals surface area contributed by atoms with E-state index in [0.717, 1.165) is 6.07 Å². The van der Waals surface area contributed by atoms with Gasteiger partial charge in [0.05, 0.1) is 23.5 Å². The number of hydrogen-bond donors (Lipinski definition) is 0. The van der Waals surface area contributed by atoms with E-state index in [1.807, 2.05) is 6.92 Å². The molecule has 0 saturated heterocycles. The number of halogens is 3. The molecular formula is C24H19F3O7. The van der Waals surface area contributed by atoms with Gasteiger partial charge in [-0.05, 0) is 55.7 Å². The second-order valence-electron chi connectivity index (χ2n) is 7.70. The van der Waals surface area contributed by atoms with Crippen LogP contribution in [0.2, 0.25) is 0 Å². The molecule has 1 heterocycles. The van der Waals surface area contributed by atoms with Gasteiger partial charge in [0.25, 0.3) is 5.76 Å². The highest BCUT2D eigenvalue weighted by atomic mass is 19.4. The largest absolute Gasteiger partial charge is 0.462 e. The fraction of sp³-hybridized carbons (Fsp3) is 0.292. The molecule has 0 amide bonds. The molecule has 0 unspecified atom stereocenters. The van der Waals surface area contributed by atoms with E-state index in [1.54, 1.807) is 0 Å². The second-order valence-corrected chi connectivity index (χ2v) is 7.70. The number of carbonyl (C=O) groups excluding carboxylic acids is 2. The van der Waals surface area contributed by atoms with Crippen molar-refractivity contribution in [2.45, 2.75) is 32.4 Å². The first-order valence-electron chi connectivity index (χ1n) is 10.5. The molecule has 178 valence electrons. The lowest BCUT2D eigenvalue weighted by molar-refractivity contribution is -0.154. The zero-order valence-electron chi connectivity index (χ0n) is 17.9. The van der Waals surface area contributed by atoms with Gasteiger partial charge in [-0.3, -0.25) is 9.59 Å². The number of hydrogen-bond acceptors (Lipinski definition) is 7. The maximum absolute atomic E-state index is 13.7. The molecule has 0 aliphatic heterocycles. The molecule has 34 heavy (non-hydrogen) atoms. The van der Waals surface area contributed by atoms with Crippen molar-refractivity contribution in [1.82, 2.24) is 0 Å². The molecule has 0 spiro atoms. The number of rotatable bonds is 7. The van der Waals surface area contributed by atoms with Gasteiger partial charge in [-0.25, -0.2) is 4.79 Å². The van der Waals surface area contributed by atoms with E-state index in [0.29, 0.717) is 19.3 Å². The van der Waals surface area contributed by atoms with E-state index < -0.39 is 40.6 Å². The minimum Gasteiger partial charge on any atom is -0.462 e. The van der Waals surface area contributed by atoms with Crippen molar-refractivity contribution in [1.29, 1.82) is 0 Å². The van der Waals surface area contributed by atoms with E-state index in [1.165, 1.54) is 36.4 Å². The Balaban J connectivity index is 1.67. The Morgan fingerprint density at radius 2 is 1.74 bits per heavy atom. The summed E-state index contributed by atoms with van der Waals surface area (Å²) in [6, 6.07) is 8.67. The van der Waals surface area contributed by atoms with Crippen molar-refractivity contribution < 1.29 is 41.4 Å². The molecule has 0 atom stereocenters. The Hall–Kier alpha value is -3.82. The Labute approximate surface area is 191 Å². The van der Waals surface area contributed by atoms with Crippen LogP contribution in [0.1, 0.15) is 42.3 Å². The summed E-state index contributed by atoms with van der Waals surface area (Å²) in [6.45, 7) is 2.06. The first-order valence-corrected chi connectivity index (χ1v) is 10.5. The van der Waals surface area contributed by atoms with Gasteiger partial charge < -0.3 is 18.6 Å². The lowest BCUT2D eigenvalue weighted by Gasteiger charge is -2.14. The average molecular weight is 476 g/mol. The minimum atomic E-state index is -5.05. The highest BCUT2D eigenvalue weighted by Crippen LogP contribution is 2.39. The zero-order chi connectivity index (χ0) is 24.5. The van der Waals surface area contributed by atoms with Crippen molar-refractivity contribution in [2.24, 2.45) is 5.92 Å². The summed E-state index contributed by atoms with van der Waals surface area (Å²) in [4.78, 5) is 36.6. The number of ether oxygens (including phenoxy) is 3. The fourth-order valence-electron chi connectivity index (χ4n) is 3.07. The SMILES string of the molecule is CCCOC(=O)c1ccc(Oc2c(C(F)(F)F)oc3cc(OC(=O)C4CC4)ccc3c2=O)cc1. The minimum absolute atomic E-state index is 0.0279. The Kier molecular flexibility index (Phi) is 6.32. The third-order valence-electron chi connectivity index (χ3n) is 4.96. The molecule has 2 aromatic carbocycles. The summed E-state index contributed by atoms with van der Waals surface area (Å²) in [7, 11) is 0. The molecule has 1 fully saturated rings. The second kappa shape index (κ2) is 9.20. The molecule has 0 bridgehead atoms. The van der Waals surface area contributed by atoms with Gasteiger partial charge >= 0.3 is 18.1 Å². The van der Waals surface area contributed by atoms with Crippen LogP contribution in [0.4, 0.5) is 13.2 Å². The molecule has 1 aliphatic rings. The molecule has 1 saturated carbocycles. The number of fused-ring (bicyclic) bond motifs is 1. The lowest BCUT2D eigenvalue weighted by Crippen LogP contribution is -2.16. The van der Waals surface area contributed by atoms with Crippen LogP contribution in [0.3, 0.4) is 0 Å². The first-order chi connectivity index (χ1) is 16.2. The fourth-order valence-corrected chi connectivity index (χ4v) is 3.07. The third kappa shape index (κ3) is 5.05. The van der Waals surface area contributed by atoms with Gasteiger partial charge in [0, 0.05) is 6.07 Å². The van der Waals surface area contributed by atoms with E-state index >= 15 is 0 Å². The van der Waals surface area contributed by atoms with Crippen molar-refractivity contribution in [2.75, 3.05) is 6.61 Å². The first kappa shape index (κ1) is 23.3. The number of benzene rings is 2. The van der Waals surface area contributed by atoms with Crippen LogP contribution < -0.4 is 14.9 Å². The molecule has 3 aromatic rings. The van der Waals surface area contributed by atoms with E-state index in [2.05, 4.69) is 0 Å². The maximum atomic E-state index is 13.7. The maximum Gasteiger partial charge on any atom is 0.453 e. The summed E-state index contributed by atoms with van der Waals surface area (Å²) in [5.74, 6) is -4.12. The van der Waals surface area contributed by atoms with E-state index in [9.17, 15) is 27.6 Å². The quantitative estimate of drug-likeness (QED) is 0.329. The van der Waals surface area contributed by atoms with Gasteiger partial charge in [-0.1, -0.05) is 6.92 Å². The van der Waals surface area contributed by atoms with Crippen LogP contribution in [-0.4, -0.2) is 18.5 Å². The zero-order valence-corrected chi connectivity index (χ0v) is 17.9. The van der Waals surface area contributed by atoms with Gasteiger partial charge in [-0.2, -0.15) is 13.2 Å². The topological polar surface area (TPSA) is 92.0 Å². The number of esters is 2. The smallest absolute Gasteiger partial charge is 0.453 e. The van der Waals surface area contributed by atoms with Crippen molar-refractivity contribution in [3.8, 4) is 17.2 Å². The van der Waals surface area contributed by atoms with Crippen molar-refractivity contribution in [3.05, 3.63) is 64.0 Å². The van der Waals surface area contributed by atoms with Gasteiger partial charge in [0.2, 0.25) is 11.2 Å². The standard InChI is InChI=1S/C24H19F3O7/c1-2-11-31-22(29)13-5-7-15(8-6-13)32-20-19(28)17-10-9-16(33-23(30)14-3-4-14)12-18(17)34-21(20)24(25,26)27/h5-10,12,14H,2-4,11H2,1H3. The summed E-state index contributed by atoms with van der Waals surface area (Å²) < 4.78 is 61.5. The highest BCUT2D eigenvalue weighted by Gasteiger charge is 2.40. The molecule has 0 N–H and O–H groups in total. The van der Waals surface area contributed by atoms with Crippen LogP contribution >= 0.6 is 0 Å². The predicted octanol–water partition coefficient (Wildman–Crippen LogP) is 5.49. The molecule has 0 radical (unpaired) electrons. The summed E-state index contributed by atoms with van der Waals surface area (Å²) >= 11 is 0. The highest BCUT2D eigenvalue weighted by molar-refractivity contribution is 5.89. The van der Waals surface area contributed by atoms with Crippen LogP contribution in [0, 0.1) is 5.92 Å². The number of carbonyl (C=O) groups is 2. The molecule has 10 heteroatoms. The third-order valence-corrected chi connectivity index (χ3v) is 4.96. The van der Waals surface area contributed by atoms with E-state index in [-0.39, 0.29) is 35.0 Å². The Bertz CT molecular complexity index is 1290. The lowest BCUT2D eigenvalue weighted by atomic mass is 10.2. The van der Waals surface area contributed by atoms with Gasteiger partial charge in [0.1, 0.15) is 17.1 Å². The summed E-state index contributed by atoms with van der Waals surface area (Å²) in [5.41, 5.74) is -1.28. The van der Waals surface area contributed by atoms with Crippen LogP contribution in [-0.2, 0) is 15.7 Å². The van der Waals surface area contributed by atoms with Crippen LogP contribution in [0.5, 0.6) is 17.2 Å². The normalized spacial score (nSPS) is 13.5. The monoisotopic (exact) mass is 476 g/mol. The van der Waals surface area contributed by atoms with Crippen molar-refractivity contribution in [3.63, 3.8) is 0 Å². The Morgan fingerprint density at radius 1 is 1.06 bits per heavy atom. The molecule has 7 nitrogen and oxygen atoms in total. The summed E-state index contributed by atoms with van der Waals surface area (Å²) in [5, 5.41) is -0.186. The summed E-state index contributed by atoms with van der Waals surface area (Å²) in [6.07, 6.45) is -3.02. The van der Waals surface area contributed by atoms with Crippen LogP contribution in [0.15, 0.2) is 51.7 Å². The van der Waals surface area contributed by atoms with Crippen LogP contribution in [0.25, 0.3) is 11.0 Å². The molecular weight excluding hydrogens is 457 g/mol. The number of alkyl halides is 3. The Morgan fingerprint density at radius 3 is 2.35 bits per heavy atom. The van der Waals surface area contributed by atoms with E-state index in [4.69, 9.17) is 18.6 Å². The van der Waals surface area contributed by atoms with Gasteiger partial charge in [-0.15, -0.1) is 0 Å². The van der Waals surface area contributed by atoms with Crippen molar-refractivity contribution >= 4 is 22.9 Å². The average Bonchev–Trinajstić information content (AvgIpc) is 3.64. The predicted molar refractivity (Wildman–Crippen MR) is 113 cm³/mol. The molecule has 4 rings (SSSR count). The molecule has 1 aromatic heterocycles. The van der Waals surface area contributed by atoms with Gasteiger partial charge in [0.15, 0.2) is 0 Å².